The number of rotatable bonds is 4. The van der Waals surface area contributed by atoms with E-state index in [1.807, 2.05) is 0 Å². The first-order valence-electron chi connectivity index (χ1n) is 4.92. The summed E-state index contributed by atoms with van der Waals surface area (Å²) in [6.45, 7) is 0.697. The van der Waals surface area contributed by atoms with Crippen LogP contribution in [0.25, 0.3) is 0 Å². The fourth-order valence-electron chi connectivity index (χ4n) is 1.46. The molecule has 0 unspecified atom stereocenters. The summed E-state index contributed by atoms with van der Waals surface area (Å²) in [6.07, 6.45) is 6.01. The molecule has 1 aliphatic rings. The summed E-state index contributed by atoms with van der Waals surface area (Å²) >= 11 is 5.72. The van der Waals surface area contributed by atoms with Crippen molar-refractivity contribution >= 4 is 17.5 Å². The highest BCUT2D eigenvalue weighted by atomic mass is 35.5. The van der Waals surface area contributed by atoms with Crippen molar-refractivity contribution in [1.29, 1.82) is 5.26 Å². The highest BCUT2D eigenvalue weighted by Crippen LogP contribution is 2.29. The van der Waals surface area contributed by atoms with Gasteiger partial charge in [0.1, 0.15) is 0 Å². The van der Waals surface area contributed by atoms with Crippen LogP contribution in [0.2, 0.25) is 5.02 Å². The Morgan fingerprint density at radius 2 is 2.13 bits per heavy atom. The van der Waals surface area contributed by atoms with Crippen LogP contribution in [0.4, 0.5) is 5.95 Å². The third-order valence-corrected chi connectivity index (χ3v) is 2.51. The second kappa shape index (κ2) is 4.45. The number of anilines is 1. The second-order valence-corrected chi connectivity index (χ2v) is 3.97. The van der Waals surface area contributed by atoms with E-state index >= 15 is 0 Å². The summed E-state index contributed by atoms with van der Waals surface area (Å²) in [6, 6.07) is 2.65. The average molecular weight is 223 g/mol. The van der Waals surface area contributed by atoms with Crippen LogP contribution in [-0.2, 0) is 0 Å². The van der Waals surface area contributed by atoms with Gasteiger partial charge in [0.15, 0.2) is 0 Å². The summed E-state index contributed by atoms with van der Waals surface area (Å²) in [7, 11) is 0. The first kappa shape index (κ1) is 10.2. The minimum Gasteiger partial charge on any atom is -0.337 e. The molecule has 0 N–H and O–H groups in total. The Morgan fingerprint density at radius 1 is 1.47 bits per heavy atom. The van der Waals surface area contributed by atoms with Crippen LogP contribution < -0.4 is 4.90 Å². The Balaban J connectivity index is 2.10. The van der Waals surface area contributed by atoms with Crippen molar-refractivity contribution in [2.75, 3.05) is 11.4 Å². The zero-order valence-corrected chi connectivity index (χ0v) is 8.98. The maximum absolute atomic E-state index is 8.57. The van der Waals surface area contributed by atoms with E-state index < -0.39 is 0 Å². The first-order valence-corrected chi connectivity index (χ1v) is 5.30. The average Bonchev–Trinajstić information content (AvgIpc) is 3.05. The minimum absolute atomic E-state index is 0.502. The van der Waals surface area contributed by atoms with E-state index in [4.69, 9.17) is 16.9 Å². The number of halogens is 1. The van der Waals surface area contributed by atoms with Gasteiger partial charge in [-0.3, -0.25) is 0 Å². The molecule has 5 heteroatoms. The third kappa shape index (κ3) is 2.57. The van der Waals surface area contributed by atoms with E-state index in [9.17, 15) is 0 Å². The molecule has 1 saturated carbocycles. The summed E-state index contributed by atoms with van der Waals surface area (Å²) in [5.74, 6) is 0.678. The van der Waals surface area contributed by atoms with Gasteiger partial charge in [-0.05, 0) is 12.8 Å². The van der Waals surface area contributed by atoms with Gasteiger partial charge in [-0.1, -0.05) is 11.6 Å². The molecule has 1 aromatic rings. The molecule has 78 valence electrons. The summed E-state index contributed by atoms with van der Waals surface area (Å²) in [4.78, 5) is 10.4. The molecule has 2 rings (SSSR count). The quantitative estimate of drug-likeness (QED) is 0.782. The molecule has 1 heterocycles. The Kier molecular flexibility index (Phi) is 3.02. The number of hydrogen-bond acceptors (Lipinski definition) is 4. The van der Waals surface area contributed by atoms with Crippen molar-refractivity contribution in [3.63, 3.8) is 0 Å². The van der Waals surface area contributed by atoms with Crippen LogP contribution in [-0.4, -0.2) is 22.6 Å². The number of nitrogens with zero attached hydrogens (tertiary/aromatic N) is 4. The van der Waals surface area contributed by atoms with Crippen LogP contribution in [0.5, 0.6) is 0 Å². The standard InChI is InChI=1S/C10H11ClN4/c11-8-6-13-10(14-7-8)15(5-1-4-12)9-2-3-9/h6-7,9H,1-3,5H2. The van der Waals surface area contributed by atoms with Crippen molar-refractivity contribution in [3.05, 3.63) is 17.4 Å². The SMILES string of the molecule is N#CCCN(c1ncc(Cl)cn1)C1CC1. The van der Waals surface area contributed by atoms with Crippen molar-refractivity contribution < 1.29 is 0 Å². The Labute approximate surface area is 93.5 Å². The maximum Gasteiger partial charge on any atom is 0.225 e. The maximum atomic E-state index is 8.57. The Hall–Kier alpha value is -1.34. The molecule has 15 heavy (non-hydrogen) atoms. The van der Waals surface area contributed by atoms with E-state index in [0.29, 0.717) is 30.0 Å². The van der Waals surface area contributed by atoms with Crippen molar-refractivity contribution in [2.45, 2.75) is 25.3 Å². The summed E-state index contributed by atoms with van der Waals surface area (Å²) in [5.41, 5.74) is 0. The van der Waals surface area contributed by atoms with E-state index in [0.717, 1.165) is 12.8 Å². The summed E-state index contributed by atoms with van der Waals surface area (Å²) < 4.78 is 0. The lowest BCUT2D eigenvalue weighted by atomic mass is 10.4. The molecule has 0 bridgehead atoms. The fraction of sp³-hybridized carbons (Fsp3) is 0.500. The lowest BCUT2D eigenvalue weighted by Crippen LogP contribution is -2.28. The zero-order valence-electron chi connectivity index (χ0n) is 8.23. The molecule has 1 fully saturated rings. The molecule has 0 aliphatic heterocycles. The van der Waals surface area contributed by atoms with Gasteiger partial charge in [0.25, 0.3) is 0 Å². The van der Waals surface area contributed by atoms with Gasteiger partial charge >= 0.3 is 0 Å². The zero-order chi connectivity index (χ0) is 10.7. The van der Waals surface area contributed by atoms with Gasteiger partial charge in [0.2, 0.25) is 5.95 Å². The molecular formula is C10H11ClN4. The molecule has 1 aromatic heterocycles. The summed E-state index contributed by atoms with van der Waals surface area (Å²) in [5, 5.41) is 9.11. The van der Waals surface area contributed by atoms with Gasteiger partial charge in [-0.2, -0.15) is 5.26 Å². The van der Waals surface area contributed by atoms with Gasteiger partial charge in [-0.25, -0.2) is 9.97 Å². The molecular weight excluding hydrogens is 212 g/mol. The second-order valence-electron chi connectivity index (χ2n) is 3.53. The molecule has 0 saturated heterocycles. The third-order valence-electron chi connectivity index (χ3n) is 2.32. The number of aromatic nitrogens is 2. The van der Waals surface area contributed by atoms with E-state index in [1.54, 1.807) is 12.4 Å². The predicted octanol–water partition coefficient (Wildman–Crippen LogP) is 2.01. The van der Waals surface area contributed by atoms with Crippen molar-refractivity contribution in [2.24, 2.45) is 0 Å². The molecule has 4 nitrogen and oxygen atoms in total. The smallest absolute Gasteiger partial charge is 0.225 e. The highest BCUT2D eigenvalue weighted by molar-refractivity contribution is 6.30. The Morgan fingerprint density at radius 3 is 2.67 bits per heavy atom. The van der Waals surface area contributed by atoms with Gasteiger partial charge < -0.3 is 4.90 Å². The largest absolute Gasteiger partial charge is 0.337 e. The van der Waals surface area contributed by atoms with Crippen LogP contribution in [0.3, 0.4) is 0 Å². The monoisotopic (exact) mass is 222 g/mol. The van der Waals surface area contributed by atoms with Crippen LogP contribution in [0, 0.1) is 11.3 Å². The molecule has 0 spiro atoms. The van der Waals surface area contributed by atoms with Crippen molar-refractivity contribution in [3.8, 4) is 6.07 Å². The van der Waals surface area contributed by atoms with E-state index in [1.165, 1.54) is 0 Å². The van der Waals surface area contributed by atoms with Crippen molar-refractivity contribution in [1.82, 2.24) is 9.97 Å². The minimum atomic E-state index is 0.502. The fourth-order valence-corrected chi connectivity index (χ4v) is 1.55. The molecule has 0 atom stereocenters. The highest BCUT2D eigenvalue weighted by Gasteiger charge is 2.30. The topological polar surface area (TPSA) is 52.8 Å². The molecule has 0 amide bonds. The molecule has 0 aromatic carbocycles. The molecule has 1 aliphatic carbocycles. The van der Waals surface area contributed by atoms with Crippen LogP contribution in [0.15, 0.2) is 12.4 Å². The number of hydrogen-bond donors (Lipinski definition) is 0. The Bertz CT molecular complexity index is 366. The lowest BCUT2D eigenvalue weighted by molar-refractivity contribution is 0.759. The van der Waals surface area contributed by atoms with E-state index in [2.05, 4.69) is 20.9 Å². The number of nitriles is 1. The van der Waals surface area contributed by atoms with E-state index in [-0.39, 0.29) is 0 Å². The predicted molar refractivity (Wildman–Crippen MR) is 57.6 cm³/mol. The van der Waals surface area contributed by atoms with Gasteiger partial charge in [-0.15, -0.1) is 0 Å². The van der Waals surface area contributed by atoms with Gasteiger partial charge in [0.05, 0.1) is 29.9 Å². The first-order chi connectivity index (χ1) is 7.31. The van der Waals surface area contributed by atoms with Crippen LogP contribution in [0.1, 0.15) is 19.3 Å². The normalized spacial score (nSPS) is 14.7. The molecule has 0 radical (unpaired) electrons. The van der Waals surface area contributed by atoms with Gasteiger partial charge in [0, 0.05) is 12.6 Å². The lowest BCUT2D eigenvalue weighted by Gasteiger charge is -2.20. The van der Waals surface area contributed by atoms with Crippen LogP contribution >= 0.6 is 11.6 Å².